The number of Topliss-reactive ketones (excluding diaryl/α,β-unsaturated/α-hetero) is 1. The molecule has 0 radical (unpaired) electrons. The van der Waals surface area contributed by atoms with Crippen LogP contribution in [0.5, 0.6) is 0 Å². The van der Waals surface area contributed by atoms with Crippen molar-refractivity contribution in [2.45, 2.75) is 95.4 Å². The topological polar surface area (TPSA) is 175 Å². The number of likely N-dealkylation sites (tertiary alicyclic amines) is 1. The second kappa shape index (κ2) is 16.7. The standard InChI is InChI=1S/C46H53F2N13O4/c1-28-39-33(3-2-4-36(39)61(54-28)41-37(62)9-15-49-45(41)64)31-21-50-58(25-31)24-30-10-16-56(17-11-30)23-29-5-7-32(8-6-29)60-26-35(40(55-60)42(47)48)52-44(63)34-22-51-59-18-12-38(53-43(34)59)57-19-20-65-46(27-57)13-14-46/h2-4,12,18,21-22,25-26,29-30,32,41-42H,5-11,13-17,19-20,23-24,27H2,1H3,(H,49,64)(H,52,63). The third-order valence-electron chi connectivity index (χ3n) is 14.4. The summed E-state index contributed by atoms with van der Waals surface area (Å²) in [5.74, 6) is 0.733. The maximum Gasteiger partial charge on any atom is 0.284 e. The lowest BCUT2D eigenvalue weighted by atomic mass is 9.85. The van der Waals surface area contributed by atoms with Crippen molar-refractivity contribution in [2.24, 2.45) is 11.8 Å². The lowest BCUT2D eigenvalue weighted by molar-refractivity contribution is -0.135. The highest BCUT2D eigenvalue weighted by Crippen LogP contribution is 2.43. The Bertz CT molecular complexity index is 2760. The maximum absolute atomic E-state index is 14.4. The Labute approximate surface area is 373 Å². The van der Waals surface area contributed by atoms with Crippen LogP contribution in [0, 0.1) is 18.8 Å². The summed E-state index contributed by atoms with van der Waals surface area (Å²) in [6.45, 7) is 8.19. The molecule has 5 fully saturated rings. The molecule has 3 saturated heterocycles. The fourth-order valence-electron chi connectivity index (χ4n) is 10.6. The molecule has 2 amide bonds. The normalized spacial score (nSPS) is 23.0. The molecule has 3 aliphatic heterocycles. The number of aryl methyl sites for hydroxylation is 1. The van der Waals surface area contributed by atoms with Gasteiger partial charge in [-0.1, -0.05) is 12.1 Å². The van der Waals surface area contributed by atoms with E-state index in [0.29, 0.717) is 43.6 Å². The molecule has 340 valence electrons. The van der Waals surface area contributed by atoms with Gasteiger partial charge < -0.3 is 25.2 Å². The summed E-state index contributed by atoms with van der Waals surface area (Å²) in [5.41, 5.74) is 3.49. The first-order chi connectivity index (χ1) is 31.6. The van der Waals surface area contributed by atoms with Gasteiger partial charge in [0.1, 0.15) is 11.4 Å². The van der Waals surface area contributed by atoms with Crippen molar-refractivity contribution in [3.63, 3.8) is 0 Å². The molecule has 6 aromatic rings. The smallest absolute Gasteiger partial charge is 0.284 e. The number of amides is 2. The third-order valence-corrected chi connectivity index (χ3v) is 14.4. The minimum atomic E-state index is -2.85. The lowest BCUT2D eigenvalue weighted by Gasteiger charge is -2.36. The van der Waals surface area contributed by atoms with Gasteiger partial charge in [0.25, 0.3) is 18.2 Å². The molecule has 2 saturated carbocycles. The number of piperidine rings is 2. The Morgan fingerprint density at radius 1 is 0.969 bits per heavy atom. The predicted octanol–water partition coefficient (Wildman–Crippen LogP) is 5.78. The van der Waals surface area contributed by atoms with E-state index in [9.17, 15) is 23.2 Å². The first-order valence-corrected chi connectivity index (χ1v) is 23.0. The van der Waals surface area contributed by atoms with Gasteiger partial charge in [-0.25, -0.2) is 23.0 Å². The zero-order valence-electron chi connectivity index (χ0n) is 36.4. The number of alkyl halides is 2. The molecule has 17 nitrogen and oxygen atoms in total. The highest BCUT2D eigenvalue weighted by Gasteiger charge is 2.48. The number of aromatic nitrogens is 9. The zero-order chi connectivity index (χ0) is 44.4. The summed E-state index contributed by atoms with van der Waals surface area (Å²) in [5, 5.41) is 24.5. The van der Waals surface area contributed by atoms with Gasteiger partial charge in [-0.15, -0.1) is 0 Å². The summed E-state index contributed by atoms with van der Waals surface area (Å²) in [6, 6.07) is 6.77. The van der Waals surface area contributed by atoms with E-state index in [-0.39, 0.29) is 34.6 Å². The molecule has 2 aliphatic carbocycles. The van der Waals surface area contributed by atoms with Crippen molar-refractivity contribution in [3.05, 3.63) is 72.2 Å². The number of morpholine rings is 1. The SMILES string of the molecule is Cc1nn(C2C(=O)CCNC2=O)c2cccc(-c3cnn(CC4CCN(CC5CCC(n6cc(NC(=O)c7cnn8ccc(N9CCOC%10(CC%10)C9)nc78)c(C(F)F)n6)CC5)CC4)c3)c12. The number of nitrogens with one attached hydrogen (secondary N) is 2. The second-order valence-electron chi connectivity index (χ2n) is 18.7. The molecular formula is C46H53F2N13O4. The largest absolute Gasteiger partial charge is 0.371 e. The fraction of sp³-hybridized carbons (Fsp3) is 0.522. The minimum absolute atomic E-state index is 0.00505. The van der Waals surface area contributed by atoms with E-state index in [4.69, 9.17) is 14.8 Å². The second-order valence-corrected chi connectivity index (χ2v) is 18.7. The molecule has 0 bridgehead atoms. The summed E-state index contributed by atoms with van der Waals surface area (Å²) in [7, 11) is 0. The van der Waals surface area contributed by atoms with Crippen LogP contribution >= 0.6 is 0 Å². The summed E-state index contributed by atoms with van der Waals surface area (Å²) in [4.78, 5) is 48.6. The van der Waals surface area contributed by atoms with E-state index >= 15 is 0 Å². The van der Waals surface area contributed by atoms with Crippen LogP contribution in [0.2, 0.25) is 0 Å². The number of rotatable bonds is 11. The number of ketones is 1. The molecule has 5 aliphatic rings. The van der Waals surface area contributed by atoms with Crippen molar-refractivity contribution >= 4 is 45.7 Å². The van der Waals surface area contributed by atoms with Crippen LogP contribution in [0.1, 0.15) is 98.0 Å². The van der Waals surface area contributed by atoms with Crippen LogP contribution in [-0.4, -0.2) is 118 Å². The number of benzene rings is 1. The minimum Gasteiger partial charge on any atom is -0.371 e. The Kier molecular flexibility index (Phi) is 10.7. The molecule has 65 heavy (non-hydrogen) atoms. The van der Waals surface area contributed by atoms with Crippen molar-refractivity contribution < 1.29 is 27.9 Å². The van der Waals surface area contributed by atoms with Crippen LogP contribution in [0.4, 0.5) is 20.3 Å². The van der Waals surface area contributed by atoms with Gasteiger partial charge in [-0.05, 0) is 101 Å². The molecule has 5 aromatic heterocycles. The number of halogens is 2. The number of hydrogen-bond acceptors (Lipinski definition) is 11. The van der Waals surface area contributed by atoms with Crippen molar-refractivity contribution in [1.29, 1.82) is 0 Å². The van der Waals surface area contributed by atoms with E-state index in [2.05, 4.69) is 41.9 Å². The quantitative estimate of drug-likeness (QED) is 0.151. The van der Waals surface area contributed by atoms with E-state index in [0.717, 1.165) is 118 Å². The molecule has 1 spiro atoms. The lowest BCUT2D eigenvalue weighted by Crippen LogP contribution is -2.44. The highest BCUT2D eigenvalue weighted by atomic mass is 19.3. The van der Waals surface area contributed by atoms with Gasteiger partial charge in [-0.3, -0.25) is 23.7 Å². The molecule has 11 rings (SSSR count). The maximum atomic E-state index is 14.4. The first-order valence-electron chi connectivity index (χ1n) is 23.0. The molecule has 2 N–H and O–H groups in total. The van der Waals surface area contributed by atoms with E-state index < -0.39 is 24.1 Å². The number of fused-ring (bicyclic) bond motifs is 2. The van der Waals surface area contributed by atoms with Crippen molar-refractivity contribution in [2.75, 3.05) is 56.1 Å². The van der Waals surface area contributed by atoms with Crippen molar-refractivity contribution in [1.82, 2.24) is 54.2 Å². The summed E-state index contributed by atoms with van der Waals surface area (Å²) < 4.78 is 41.4. The van der Waals surface area contributed by atoms with Gasteiger partial charge in [0.15, 0.2) is 23.2 Å². The van der Waals surface area contributed by atoms with Crippen LogP contribution in [0.3, 0.4) is 0 Å². The molecule has 19 heteroatoms. The molecule has 1 aromatic carbocycles. The summed E-state index contributed by atoms with van der Waals surface area (Å²) in [6.07, 6.45) is 13.9. The number of nitrogens with zero attached hydrogens (tertiary/aromatic N) is 11. The van der Waals surface area contributed by atoms with Crippen molar-refractivity contribution in [3.8, 4) is 11.1 Å². The van der Waals surface area contributed by atoms with E-state index in [1.165, 1.54) is 10.7 Å². The number of anilines is 2. The number of ether oxygens (including phenoxy) is 1. The van der Waals surface area contributed by atoms with Gasteiger partial charge in [0.2, 0.25) is 0 Å². The molecule has 8 heterocycles. The monoisotopic (exact) mass is 889 g/mol. The van der Waals surface area contributed by atoms with Gasteiger partial charge in [0.05, 0.1) is 47.5 Å². The van der Waals surface area contributed by atoms with E-state index in [1.807, 2.05) is 42.1 Å². The Balaban J connectivity index is 0.675. The van der Waals surface area contributed by atoms with Crippen LogP contribution in [0.15, 0.2) is 55.2 Å². The van der Waals surface area contributed by atoms with Gasteiger partial charge >= 0.3 is 0 Å². The molecule has 1 unspecified atom stereocenters. The highest BCUT2D eigenvalue weighted by molar-refractivity contribution is 6.09. The van der Waals surface area contributed by atoms with Crippen LogP contribution in [0.25, 0.3) is 27.7 Å². The first kappa shape index (κ1) is 41.6. The average molecular weight is 890 g/mol. The average Bonchev–Trinajstić information content (AvgIpc) is 3.74. The summed E-state index contributed by atoms with van der Waals surface area (Å²) >= 11 is 0. The Morgan fingerprint density at radius 2 is 1.78 bits per heavy atom. The Hall–Kier alpha value is -6.08. The number of carbonyl (C=O) groups is 3. The number of hydrogen-bond donors (Lipinski definition) is 2. The van der Waals surface area contributed by atoms with Crippen LogP contribution < -0.4 is 15.5 Å². The Morgan fingerprint density at radius 3 is 2.57 bits per heavy atom. The van der Waals surface area contributed by atoms with Gasteiger partial charge in [0, 0.05) is 68.7 Å². The predicted molar refractivity (Wildman–Crippen MR) is 236 cm³/mol. The van der Waals surface area contributed by atoms with Gasteiger partial charge in [-0.2, -0.15) is 20.4 Å². The third kappa shape index (κ3) is 8.06. The zero-order valence-corrected chi connectivity index (χ0v) is 36.4. The van der Waals surface area contributed by atoms with Crippen LogP contribution in [-0.2, 0) is 20.9 Å². The van der Waals surface area contributed by atoms with E-state index in [1.54, 1.807) is 21.8 Å². The fourth-order valence-corrected chi connectivity index (χ4v) is 10.6. The molecule has 1 atom stereocenters. The molecular weight excluding hydrogens is 837 g/mol. The number of carbonyl (C=O) groups excluding carboxylic acids is 3.